The Labute approximate surface area is 135 Å². The molecule has 1 heterocycles. The van der Waals surface area contributed by atoms with E-state index in [4.69, 9.17) is 23.2 Å². The summed E-state index contributed by atoms with van der Waals surface area (Å²) in [5.41, 5.74) is 2.07. The van der Waals surface area contributed by atoms with E-state index in [9.17, 15) is 5.26 Å². The Kier molecular flexibility index (Phi) is 3.94. The van der Waals surface area contributed by atoms with Gasteiger partial charge in [-0.3, -0.25) is 0 Å². The van der Waals surface area contributed by atoms with E-state index in [1.807, 2.05) is 30.3 Å². The number of hydrogen-bond acceptors (Lipinski definition) is 3. The Balaban J connectivity index is 2.11. The SMILES string of the molecule is N#C/C(=C/c1cccc(Cl)c1Cl)c1nc2ccccc2s1. The number of halogens is 2. The van der Waals surface area contributed by atoms with Crippen molar-refractivity contribution < 1.29 is 0 Å². The van der Waals surface area contributed by atoms with Gasteiger partial charge in [0.2, 0.25) is 0 Å². The van der Waals surface area contributed by atoms with Crippen LogP contribution in [0.15, 0.2) is 42.5 Å². The van der Waals surface area contributed by atoms with Crippen molar-refractivity contribution in [1.29, 1.82) is 5.26 Å². The number of hydrogen-bond donors (Lipinski definition) is 0. The standard InChI is InChI=1S/C16H8Cl2N2S/c17-12-5-3-4-10(15(12)18)8-11(9-19)16-20-13-6-1-2-7-14(13)21-16/h1-8H/b11-8-. The Hall–Kier alpha value is -1.86. The summed E-state index contributed by atoms with van der Waals surface area (Å²) >= 11 is 13.6. The summed E-state index contributed by atoms with van der Waals surface area (Å²) in [6, 6.07) is 15.3. The highest BCUT2D eigenvalue weighted by atomic mass is 35.5. The molecule has 0 aliphatic heterocycles. The summed E-state index contributed by atoms with van der Waals surface area (Å²) in [6.07, 6.45) is 1.71. The van der Waals surface area contributed by atoms with Gasteiger partial charge < -0.3 is 0 Å². The van der Waals surface area contributed by atoms with Gasteiger partial charge in [-0.05, 0) is 29.8 Å². The van der Waals surface area contributed by atoms with E-state index in [-0.39, 0.29) is 0 Å². The van der Waals surface area contributed by atoms with Gasteiger partial charge in [-0.1, -0.05) is 47.5 Å². The van der Waals surface area contributed by atoms with Crippen LogP contribution in [0.25, 0.3) is 21.9 Å². The fourth-order valence-corrected chi connectivity index (χ4v) is 3.21. The summed E-state index contributed by atoms with van der Waals surface area (Å²) in [6.45, 7) is 0. The smallest absolute Gasteiger partial charge is 0.135 e. The van der Waals surface area contributed by atoms with Crippen LogP contribution in [-0.4, -0.2) is 4.98 Å². The topological polar surface area (TPSA) is 36.7 Å². The summed E-state index contributed by atoms with van der Waals surface area (Å²) < 4.78 is 1.05. The number of nitrogens with zero attached hydrogens (tertiary/aromatic N) is 2. The molecule has 0 unspecified atom stereocenters. The normalized spacial score (nSPS) is 11.6. The lowest BCUT2D eigenvalue weighted by atomic mass is 10.1. The maximum atomic E-state index is 9.40. The molecule has 0 aliphatic carbocycles. The van der Waals surface area contributed by atoms with E-state index in [1.54, 1.807) is 18.2 Å². The van der Waals surface area contributed by atoms with E-state index >= 15 is 0 Å². The second-order valence-corrected chi connectivity index (χ2v) is 6.12. The molecule has 0 saturated heterocycles. The van der Waals surface area contributed by atoms with Gasteiger partial charge in [0.25, 0.3) is 0 Å². The molecule has 3 aromatic rings. The van der Waals surface area contributed by atoms with Crippen LogP contribution in [-0.2, 0) is 0 Å². The molecule has 21 heavy (non-hydrogen) atoms. The van der Waals surface area contributed by atoms with Crippen LogP contribution in [0.1, 0.15) is 10.6 Å². The number of thiazole rings is 1. The van der Waals surface area contributed by atoms with Crippen molar-refractivity contribution >= 4 is 56.4 Å². The third-order valence-electron chi connectivity index (χ3n) is 2.93. The average molecular weight is 331 g/mol. The minimum absolute atomic E-state index is 0.438. The number of fused-ring (bicyclic) bond motifs is 1. The molecule has 0 N–H and O–H groups in total. The number of rotatable bonds is 2. The van der Waals surface area contributed by atoms with Crippen molar-refractivity contribution in [2.75, 3.05) is 0 Å². The van der Waals surface area contributed by atoms with Crippen LogP contribution in [0.3, 0.4) is 0 Å². The fraction of sp³-hybridized carbons (Fsp3) is 0. The minimum Gasteiger partial charge on any atom is -0.235 e. The van der Waals surface area contributed by atoms with Gasteiger partial charge in [-0.25, -0.2) is 4.98 Å². The largest absolute Gasteiger partial charge is 0.235 e. The van der Waals surface area contributed by atoms with Gasteiger partial charge >= 0.3 is 0 Å². The maximum absolute atomic E-state index is 9.40. The summed E-state index contributed by atoms with van der Waals surface area (Å²) in [5, 5.41) is 11.0. The van der Waals surface area contributed by atoms with Crippen molar-refractivity contribution in [3.8, 4) is 6.07 Å². The van der Waals surface area contributed by atoms with Crippen LogP contribution < -0.4 is 0 Å². The molecular formula is C16H8Cl2N2S. The average Bonchev–Trinajstić information content (AvgIpc) is 2.92. The Morgan fingerprint density at radius 3 is 2.71 bits per heavy atom. The van der Waals surface area contributed by atoms with Crippen LogP contribution in [0.4, 0.5) is 0 Å². The van der Waals surface area contributed by atoms with Crippen LogP contribution >= 0.6 is 34.5 Å². The first-order valence-corrected chi connectivity index (χ1v) is 7.68. The zero-order valence-electron chi connectivity index (χ0n) is 10.7. The lowest BCUT2D eigenvalue weighted by Crippen LogP contribution is -1.82. The molecule has 2 nitrogen and oxygen atoms in total. The predicted octanol–water partition coefficient (Wildman–Crippen LogP) is 5.67. The predicted molar refractivity (Wildman–Crippen MR) is 89.6 cm³/mol. The molecule has 0 amide bonds. The molecule has 0 radical (unpaired) electrons. The maximum Gasteiger partial charge on any atom is 0.135 e. The van der Waals surface area contributed by atoms with Crippen LogP contribution in [0, 0.1) is 11.3 Å². The molecule has 0 saturated carbocycles. The first kappa shape index (κ1) is 14.1. The first-order valence-electron chi connectivity index (χ1n) is 6.11. The van der Waals surface area contributed by atoms with Gasteiger partial charge in [0, 0.05) is 0 Å². The number of para-hydroxylation sites is 1. The summed E-state index contributed by atoms with van der Waals surface area (Å²) in [7, 11) is 0. The van der Waals surface area contributed by atoms with Crippen molar-refractivity contribution in [2.24, 2.45) is 0 Å². The Bertz CT molecular complexity index is 858. The van der Waals surface area contributed by atoms with Gasteiger partial charge in [-0.15, -0.1) is 11.3 Å². The Morgan fingerprint density at radius 2 is 1.95 bits per heavy atom. The molecule has 0 bridgehead atoms. The lowest BCUT2D eigenvalue weighted by molar-refractivity contribution is 1.43. The Morgan fingerprint density at radius 1 is 1.14 bits per heavy atom. The zero-order chi connectivity index (χ0) is 14.8. The molecule has 0 fully saturated rings. The van der Waals surface area contributed by atoms with E-state index in [0.717, 1.165) is 10.2 Å². The van der Waals surface area contributed by atoms with Crippen molar-refractivity contribution in [3.63, 3.8) is 0 Å². The lowest BCUT2D eigenvalue weighted by Gasteiger charge is -2.00. The van der Waals surface area contributed by atoms with Gasteiger partial charge in [0.05, 0.1) is 25.8 Å². The zero-order valence-corrected chi connectivity index (χ0v) is 13.0. The fourth-order valence-electron chi connectivity index (χ4n) is 1.92. The second kappa shape index (κ2) is 5.87. The van der Waals surface area contributed by atoms with E-state index in [2.05, 4.69) is 11.1 Å². The van der Waals surface area contributed by atoms with E-state index < -0.39 is 0 Å². The molecule has 3 rings (SSSR count). The van der Waals surface area contributed by atoms with Crippen LogP contribution in [0.5, 0.6) is 0 Å². The van der Waals surface area contributed by atoms with Crippen molar-refractivity contribution in [3.05, 3.63) is 63.1 Å². The van der Waals surface area contributed by atoms with Gasteiger partial charge in [0.15, 0.2) is 0 Å². The van der Waals surface area contributed by atoms with Crippen molar-refractivity contribution in [2.45, 2.75) is 0 Å². The third-order valence-corrected chi connectivity index (χ3v) is 4.83. The molecule has 0 aliphatic rings. The number of aromatic nitrogens is 1. The third kappa shape index (κ3) is 2.79. The highest BCUT2D eigenvalue weighted by Crippen LogP contribution is 2.31. The minimum atomic E-state index is 0.438. The molecule has 0 atom stereocenters. The van der Waals surface area contributed by atoms with Gasteiger partial charge in [0.1, 0.15) is 11.1 Å². The number of nitriles is 1. The molecule has 2 aromatic carbocycles. The monoisotopic (exact) mass is 330 g/mol. The van der Waals surface area contributed by atoms with Crippen LogP contribution in [0.2, 0.25) is 10.0 Å². The highest BCUT2D eigenvalue weighted by Gasteiger charge is 2.10. The van der Waals surface area contributed by atoms with Gasteiger partial charge in [-0.2, -0.15) is 5.26 Å². The number of allylic oxidation sites excluding steroid dienone is 1. The molecule has 5 heteroatoms. The molecule has 102 valence electrons. The summed E-state index contributed by atoms with van der Waals surface area (Å²) in [4.78, 5) is 4.48. The van der Waals surface area contributed by atoms with E-state index in [1.165, 1.54) is 11.3 Å². The summed E-state index contributed by atoms with van der Waals surface area (Å²) in [5.74, 6) is 0. The van der Waals surface area contributed by atoms with Crippen molar-refractivity contribution in [1.82, 2.24) is 4.98 Å². The quantitative estimate of drug-likeness (QED) is 0.568. The highest BCUT2D eigenvalue weighted by molar-refractivity contribution is 7.19. The molecule has 0 spiro atoms. The molecule has 1 aromatic heterocycles. The molecular weight excluding hydrogens is 323 g/mol. The number of benzene rings is 2. The van der Waals surface area contributed by atoms with E-state index in [0.29, 0.717) is 26.2 Å². The first-order chi connectivity index (χ1) is 10.2. The second-order valence-electron chi connectivity index (χ2n) is 4.30.